The van der Waals surface area contributed by atoms with Gasteiger partial charge in [0.25, 0.3) is 0 Å². The van der Waals surface area contributed by atoms with Crippen LogP contribution in [0.5, 0.6) is 0 Å². The monoisotopic (exact) mass is 870 g/mol. The summed E-state index contributed by atoms with van der Waals surface area (Å²) in [5.41, 5.74) is 12.5. The summed E-state index contributed by atoms with van der Waals surface area (Å²) in [4.78, 5) is 42.8. The molecule has 1 unspecified atom stereocenters. The number of aliphatic hydroxyl groups is 1. The van der Waals surface area contributed by atoms with Gasteiger partial charge >= 0.3 is 11.9 Å². The molecular weight excluding hydrogens is 803 g/mol. The number of aromatic amines is 1. The number of carbonyl (C=O) groups is 2. The summed E-state index contributed by atoms with van der Waals surface area (Å²) in [7, 11) is 0. The lowest BCUT2D eigenvalue weighted by atomic mass is 9.94. The number of H-pyrrole nitrogens is 1. The fourth-order valence-corrected chi connectivity index (χ4v) is 8.12. The molecule has 5 N–H and O–H groups in total. The summed E-state index contributed by atoms with van der Waals surface area (Å²) in [6.07, 6.45) is 22.1. The predicted molar refractivity (Wildman–Crippen MR) is 261 cm³/mol. The zero-order chi connectivity index (χ0) is 47.0. The molecule has 4 aliphatic heterocycles. The summed E-state index contributed by atoms with van der Waals surface area (Å²) >= 11 is 0. The van der Waals surface area contributed by atoms with Crippen molar-refractivity contribution < 1.29 is 30.1 Å². The van der Waals surface area contributed by atoms with E-state index in [-0.39, 0.29) is 25.7 Å². The van der Waals surface area contributed by atoms with E-state index in [1.807, 2.05) is 59.8 Å². The molecular formula is C53H67N5O6. The van der Waals surface area contributed by atoms with Crippen LogP contribution in [0.15, 0.2) is 125 Å². The number of nitrogens with one attached hydrogen (secondary N) is 1. The Morgan fingerprint density at radius 2 is 1.34 bits per heavy atom. The minimum absolute atomic E-state index is 0.0946. The van der Waals surface area contributed by atoms with Crippen LogP contribution in [0.2, 0.25) is 0 Å². The quantitative estimate of drug-likeness (QED) is 0.0722. The Hall–Kier alpha value is -5.91. The molecule has 8 bridgehead atoms. The van der Waals surface area contributed by atoms with Crippen molar-refractivity contribution in [1.82, 2.24) is 10.0 Å². The van der Waals surface area contributed by atoms with Crippen molar-refractivity contribution in [3.63, 3.8) is 0 Å². The number of aliphatic imine (C=N–C) groups is 3. The predicted octanol–water partition coefficient (Wildman–Crippen LogP) is 10.2. The molecule has 64 heavy (non-hydrogen) atoms. The van der Waals surface area contributed by atoms with Crippen molar-refractivity contribution in [2.75, 3.05) is 0 Å². The summed E-state index contributed by atoms with van der Waals surface area (Å²) in [6, 6.07) is 0. The molecule has 11 nitrogen and oxygen atoms in total. The second-order valence-corrected chi connectivity index (χ2v) is 18.4. The number of nitrogens with zero attached hydrogens (tertiary/aromatic N) is 4. The maximum Gasteiger partial charge on any atom is 0.303 e. The van der Waals surface area contributed by atoms with E-state index in [0.717, 1.165) is 69.3 Å². The van der Waals surface area contributed by atoms with E-state index in [1.165, 1.54) is 16.7 Å². The second kappa shape index (κ2) is 21.2. The SMILES string of the molecule is C=Cc1c(C)c2[nH]c1=CC1=NC(=CC3=C(CCC(=O)O)C(=CN(O)C(C)(C)C)C(=N3)C=C3N=C(C=2)C(C(O)CC/C=C(\C)CC/C=C(\C)CCC=C(C)C)=C3C)C(CCC(=O)O)=C1C. The van der Waals surface area contributed by atoms with Gasteiger partial charge in [-0.1, -0.05) is 47.6 Å². The number of hydrogen-bond donors (Lipinski definition) is 5. The van der Waals surface area contributed by atoms with E-state index in [0.29, 0.717) is 63.8 Å². The molecule has 0 radical (unpaired) electrons. The van der Waals surface area contributed by atoms with E-state index in [1.54, 1.807) is 18.4 Å². The molecule has 0 fully saturated rings. The van der Waals surface area contributed by atoms with Crippen LogP contribution < -0.4 is 10.7 Å². The standard InChI is InChI=1S/C53H67N5O6/c1-12-37-34(6)42-28-48-52(49(59)21-15-20-33(5)19-14-18-32(4)17-13-16-31(2)3)36(8)43(56-48)27-47-40(30-58(64)53(9,10)11)39(23-25-51(62)63)46(57-47)29-45-38(22-24-50(60)61)35(7)41(55-45)26-44(37)54-42/h12,16,18,20,26-30,49,54,59,64H,1,13-15,17,19,21-25H2,2-11H3,(H,60,61)(H,62,63)/b32-18+,33-20+,40-30?,42-28?,43-27?,44-26?,45-29?. The highest BCUT2D eigenvalue weighted by molar-refractivity contribution is 6.25. The molecule has 0 aromatic carbocycles. The number of carboxylic acids is 2. The van der Waals surface area contributed by atoms with E-state index >= 15 is 0 Å². The molecule has 1 aromatic heterocycles. The van der Waals surface area contributed by atoms with Gasteiger partial charge in [-0.25, -0.2) is 15.0 Å². The van der Waals surface area contributed by atoms with Crippen LogP contribution in [0.3, 0.4) is 0 Å². The van der Waals surface area contributed by atoms with E-state index in [2.05, 4.69) is 57.5 Å². The molecule has 0 amide bonds. The number of aliphatic hydroxyl groups excluding tert-OH is 1. The van der Waals surface area contributed by atoms with Crippen molar-refractivity contribution in [2.45, 2.75) is 145 Å². The Balaban J connectivity index is 1.66. The third-order valence-electron chi connectivity index (χ3n) is 12.0. The van der Waals surface area contributed by atoms with Crippen LogP contribution in [-0.2, 0) is 9.59 Å². The number of hydroxylamine groups is 2. The second-order valence-electron chi connectivity index (χ2n) is 18.4. The normalized spacial score (nSPS) is 17.8. The Labute approximate surface area is 378 Å². The highest BCUT2D eigenvalue weighted by Gasteiger charge is 2.31. The van der Waals surface area contributed by atoms with E-state index in [9.17, 15) is 30.1 Å². The first-order valence-electron chi connectivity index (χ1n) is 22.3. The number of hydrogen-bond acceptors (Lipinski definition) is 8. The summed E-state index contributed by atoms with van der Waals surface area (Å²) in [5, 5.41) is 45.6. The summed E-state index contributed by atoms with van der Waals surface area (Å²) in [6.45, 7) is 24.1. The third kappa shape index (κ3) is 12.2. The van der Waals surface area contributed by atoms with Gasteiger partial charge in [-0.3, -0.25) is 19.9 Å². The molecule has 5 rings (SSSR count). The van der Waals surface area contributed by atoms with Gasteiger partial charge < -0.3 is 20.3 Å². The molecule has 340 valence electrons. The van der Waals surface area contributed by atoms with Crippen LogP contribution in [0.25, 0.3) is 18.2 Å². The van der Waals surface area contributed by atoms with Crippen molar-refractivity contribution in [3.8, 4) is 0 Å². The first-order chi connectivity index (χ1) is 30.2. The largest absolute Gasteiger partial charge is 0.481 e. The smallest absolute Gasteiger partial charge is 0.303 e. The average molecular weight is 870 g/mol. The Morgan fingerprint density at radius 3 is 1.95 bits per heavy atom. The summed E-state index contributed by atoms with van der Waals surface area (Å²) < 4.78 is 0. The van der Waals surface area contributed by atoms with Gasteiger partial charge in [0, 0.05) is 46.4 Å². The zero-order valence-electron chi connectivity index (χ0n) is 39.4. The lowest BCUT2D eigenvalue weighted by molar-refractivity contribution is -0.137. The van der Waals surface area contributed by atoms with Gasteiger partial charge in [-0.05, 0) is 173 Å². The minimum atomic E-state index is -0.992. The van der Waals surface area contributed by atoms with Crippen LogP contribution in [0, 0.1) is 6.92 Å². The zero-order valence-corrected chi connectivity index (χ0v) is 39.4. The molecule has 11 heteroatoms. The fraction of sp³-hybridized carbons (Fsp3) is 0.415. The van der Waals surface area contributed by atoms with Gasteiger partial charge in [0.1, 0.15) is 0 Å². The third-order valence-corrected chi connectivity index (χ3v) is 12.0. The van der Waals surface area contributed by atoms with Gasteiger partial charge in [0.15, 0.2) is 0 Å². The maximum absolute atomic E-state index is 12.1. The number of allylic oxidation sites excluding steroid dienone is 13. The van der Waals surface area contributed by atoms with Crippen molar-refractivity contribution >= 4 is 47.3 Å². The molecule has 0 spiro atoms. The van der Waals surface area contributed by atoms with Crippen LogP contribution >= 0.6 is 0 Å². The number of rotatable bonds is 18. The van der Waals surface area contributed by atoms with Gasteiger partial charge in [-0.2, -0.15) is 0 Å². The molecule has 1 atom stereocenters. The van der Waals surface area contributed by atoms with E-state index < -0.39 is 23.6 Å². The van der Waals surface area contributed by atoms with E-state index in [4.69, 9.17) is 15.0 Å². The molecule has 0 saturated heterocycles. The number of carboxylic acid groups (broad SMARTS) is 2. The molecule has 0 saturated carbocycles. The number of aromatic nitrogens is 1. The first-order valence-corrected chi connectivity index (χ1v) is 22.3. The fourth-order valence-electron chi connectivity index (χ4n) is 8.12. The number of aliphatic carboxylic acids is 2. The molecule has 0 aliphatic carbocycles. The first kappa shape index (κ1) is 49.1. The summed E-state index contributed by atoms with van der Waals surface area (Å²) in [5.74, 6) is -1.93. The topological polar surface area (TPSA) is 171 Å². The lowest BCUT2D eigenvalue weighted by Crippen LogP contribution is -2.35. The highest BCUT2D eigenvalue weighted by atomic mass is 16.5. The van der Waals surface area contributed by atoms with Crippen LogP contribution in [0.1, 0.15) is 138 Å². The minimum Gasteiger partial charge on any atom is -0.481 e. The van der Waals surface area contributed by atoms with Gasteiger partial charge in [0.05, 0.1) is 45.9 Å². The lowest BCUT2D eigenvalue weighted by Gasteiger charge is -2.29. The van der Waals surface area contributed by atoms with Crippen molar-refractivity contribution in [1.29, 1.82) is 0 Å². The van der Waals surface area contributed by atoms with Crippen LogP contribution in [0.4, 0.5) is 0 Å². The molecule has 5 heterocycles. The van der Waals surface area contributed by atoms with Gasteiger partial charge in [-0.15, -0.1) is 0 Å². The Bertz CT molecular complexity index is 2600. The average Bonchev–Trinajstić information content (AvgIpc) is 3.88. The van der Waals surface area contributed by atoms with Gasteiger partial charge in [0.2, 0.25) is 0 Å². The van der Waals surface area contributed by atoms with Crippen molar-refractivity contribution in [2.24, 2.45) is 15.0 Å². The van der Waals surface area contributed by atoms with Crippen molar-refractivity contribution in [3.05, 3.63) is 132 Å². The Morgan fingerprint density at radius 1 is 0.750 bits per heavy atom. The molecule has 4 aliphatic rings. The number of fused-ring (bicyclic) bond motifs is 5. The van der Waals surface area contributed by atoms with Crippen LogP contribution in [-0.4, -0.2) is 71.3 Å². The maximum atomic E-state index is 12.1. The molecule has 1 aromatic rings. The highest BCUT2D eigenvalue weighted by Crippen LogP contribution is 2.38. The Kier molecular flexibility index (Phi) is 16.3.